The van der Waals surface area contributed by atoms with Gasteiger partial charge in [-0.1, -0.05) is 15.9 Å². The predicted octanol–water partition coefficient (Wildman–Crippen LogP) is 2.41. The number of aromatic carboxylic acids is 1. The van der Waals surface area contributed by atoms with Crippen molar-refractivity contribution in [3.05, 3.63) is 27.7 Å². The fourth-order valence-electron chi connectivity index (χ4n) is 1.22. The lowest BCUT2D eigenvalue weighted by Crippen LogP contribution is -2.10. The molecule has 15 heavy (non-hydrogen) atoms. The molecule has 0 atom stereocenters. The Morgan fingerprint density at radius 3 is 2.47 bits per heavy atom. The zero-order valence-electron chi connectivity index (χ0n) is 8.30. The highest BCUT2D eigenvalue weighted by molar-refractivity contribution is 9.10. The quantitative estimate of drug-likeness (QED) is 0.868. The van der Waals surface area contributed by atoms with Crippen molar-refractivity contribution < 1.29 is 14.7 Å². The van der Waals surface area contributed by atoms with Gasteiger partial charge in [0.2, 0.25) is 5.91 Å². The summed E-state index contributed by atoms with van der Waals surface area (Å²) < 4.78 is 0.620. The lowest BCUT2D eigenvalue weighted by molar-refractivity contribution is -0.114. The van der Waals surface area contributed by atoms with Crippen LogP contribution in [0.5, 0.6) is 0 Å². The van der Waals surface area contributed by atoms with Crippen molar-refractivity contribution in [1.82, 2.24) is 0 Å². The van der Waals surface area contributed by atoms with Crippen LogP contribution < -0.4 is 5.32 Å². The number of halogens is 1. The Kier molecular flexibility index (Phi) is 3.47. The zero-order chi connectivity index (χ0) is 11.6. The van der Waals surface area contributed by atoms with Crippen LogP contribution in [-0.4, -0.2) is 17.0 Å². The maximum atomic E-state index is 10.9. The molecule has 0 aliphatic heterocycles. The summed E-state index contributed by atoms with van der Waals surface area (Å²) in [6.07, 6.45) is 0. The van der Waals surface area contributed by atoms with E-state index in [1.165, 1.54) is 13.0 Å². The molecule has 2 N–H and O–H groups in total. The second-order valence-electron chi connectivity index (χ2n) is 3.11. The van der Waals surface area contributed by atoms with Gasteiger partial charge >= 0.3 is 5.97 Å². The van der Waals surface area contributed by atoms with Gasteiger partial charge in [-0.05, 0) is 24.6 Å². The van der Waals surface area contributed by atoms with Gasteiger partial charge in [-0.3, -0.25) is 4.79 Å². The summed E-state index contributed by atoms with van der Waals surface area (Å²) in [6.45, 7) is 3.03. The zero-order valence-corrected chi connectivity index (χ0v) is 9.88. The van der Waals surface area contributed by atoms with Crippen molar-refractivity contribution >= 4 is 33.5 Å². The molecule has 1 aromatic rings. The number of amides is 1. The van der Waals surface area contributed by atoms with Gasteiger partial charge in [0.1, 0.15) is 0 Å². The molecule has 1 aromatic carbocycles. The lowest BCUT2D eigenvalue weighted by atomic mass is 10.1. The second kappa shape index (κ2) is 4.44. The monoisotopic (exact) mass is 271 g/mol. The number of hydrogen-bond donors (Lipinski definition) is 2. The van der Waals surface area contributed by atoms with E-state index in [4.69, 9.17) is 5.11 Å². The summed E-state index contributed by atoms with van der Waals surface area (Å²) in [7, 11) is 0. The highest BCUT2D eigenvalue weighted by Gasteiger charge is 2.12. The first-order chi connectivity index (χ1) is 6.91. The molecular formula is C10H10BrNO3. The maximum absolute atomic E-state index is 10.9. The fraction of sp³-hybridized carbons (Fsp3) is 0.200. The summed E-state index contributed by atoms with van der Waals surface area (Å²) in [4.78, 5) is 21.8. The molecule has 0 spiro atoms. The van der Waals surface area contributed by atoms with E-state index >= 15 is 0 Å². The summed E-state index contributed by atoms with van der Waals surface area (Å²) in [5, 5.41) is 11.5. The van der Waals surface area contributed by atoms with Crippen LogP contribution in [0, 0.1) is 6.92 Å². The third-order valence-corrected chi connectivity index (χ3v) is 2.37. The third-order valence-electron chi connectivity index (χ3n) is 1.91. The Bertz CT molecular complexity index is 429. The number of hydrogen-bond acceptors (Lipinski definition) is 2. The number of carbonyl (C=O) groups excluding carboxylic acids is 1. The molecule has 0 saturated carbocycles. The van der Waals surface area contributed by atoms with E-state index in [2.05, 4.69) is 21.2 Å². The van der Waals surface area contributed by atoms with Crippen LogP contribution in [0.25, 0.3) is 0 Å². The highest BCUT2D eigenvalue weighted by atomic mass is 79.9. The number of carbonyl (C=O) groups is 2. The summed E-state index contributed by atoms with van der Waals surface area (Å²) in [6, 6.07) is 3.17. The molecule has 1 amide bonds. The normalized spacial score (nSPS) is 9.80. The topological polar surface area (TPSA) is 66.4 Å². The van der Waals surface area contributed by atoms with Crippen molar-refractivity contribution in [3.63, 3.8) is 0 Å². The van der Waals surface area contributed by atoms with Gasteiger partial charge in [0.05, 0.1) is 5.56 Å². The predicted molar refractivity (Wildman–Crippen MR) is 60.1 cm³/mol. The maximum Gasteiger partial charge on any atom is 0.336 e. The van der Waals surface area contributed by atoms with E-state index in [0.29, 0.717) is 15.7 Å². The molecule has 5 heteroatoms. The molecule has 80 valence electrons. The third kappa shape index (κ3) is 2.79. The minimum atomic E-state index is -1.01. The second-order valence-corrected chi connectivity index (χ2v) is 4.03. The van der Waals surface area contributed by atoms with Crippen molar-refractivity contribution in [2.45, 2.75) is 13.8 Å². The first kappa shape index (κ1) is 11.7. The van der Waals surface area contributed by atoms with Crippen LogP contribution >= 0.6 is 15.9 Å². The van der Waals surface area contributed by atoms with E-state index in [1.54, 1.807) is 13.0 Å². The Morgan fingerprint density at radius 2 is 2.00 bits per heavy atom. The lowest BCUT2D eigenvalue weighted by Gasteiger charge is -2.09. The molecule has 0 heterocycles. The van der Waals surface area contributed by atoms with E-state index in [-0.39, 0.29) is 11.5 Å². The summed E-state index contributed by atoms with van der Waals surface area (Å²) in [5.74, 6) is -1.24. The molecule has 0 aliphatic rings. The molecular weight excluding hydrogens is 262 g/mol. The highest BCUT2D eigenvalue weighted by Crippen LogP contribution is 2.25. The smallest absolute Gasteiger partial charge is 0.336 e. The molecule has 0 fully saturated rings. The molecule has 0 aliphatic carbocycles. The van der Waals surface area contributed by atoms with Crippen LogP contribution in [-0.2, 0) is 4.79 Å². The van der Waals surface area contributed by atoms with Crippen LogP contribution in [0.2, 0.25) is 0 Å². The van der Waals surface area contributed by atoms with E-state index in [0.717, 1.165) is 0 Å². The van der Waals surface area contributed by atoms with Gasteiger partial charge in [-0.2, -0.15) is 0 Å². The van der Waals surface area contributed by atoms with Crippen LogP contribution in [0.4, 0.5) is 5.69 Å². The Hall–Kier alpha value is -1.36. The molecule has 0 bridgehead atoms. The Balaban J connectivity index is 3.28. The van der Waals surface area contributed by atoms with Crippen LogP contribution in [0.1, 0.15) is 22.8 Å². The average Bonchev–Trinajstić information content (AvgIpc) is 2.09. The van der Waals surface area contributed by atoms with E-state index in [9.17, 15) is 9.59 Å². The van der Waals surface area contributed by atoms with Crippen molar-refractivity contribution in [2.24, 2.45) is 0 Å². The molecule has 1 rings (SSSR count). The van der Waals surface area contributed by atoms with Crippen LogP contribution in [0.3, 0.4) is 0 Å². The standard InChI is InChI=1S/C10H10BrNO3/c1-5-8(10(14)15)3-7(11)4-9(5)12-6(2)13/h3-4H,1-2H3,(H,12,13)(H,14,15). The Labute approximate surface area is 95.4 Å². The van der Waals surface area contributed by atoms with Crippen molar-refractivity contribution in [1.29, 1.82) is 0 Å². The minimum Gasteiger partial charge on any atom is -0.478 e. The fourth-order valence-corrected chi connectivity index (χ4v) is 1.68. The van der Waals surface area contributed by atoms with Gasteiger partial charge in [-0.25, -0.2) is 4.79 Å². The molecule has 0 aromatic heterocycles. The number of carboxylic acids is 1. The number of rotatable bonds is 2. The van der Waals surface area contributed by atoms with Gasteiger partial charge in [0, 0.05) is 17.1 Å². The average molecular weight is 272 g/mol. The summed E-state index contributed by atoms with van der Waals surface area (Å²) >= 11 is 3.19. The Morgan fingerprint density at radius 1 is 1.40 bits per heavy atom. The minimum absolute atomic E-state index is 0.174. The van der Waals surface area contributed by atoms with Crippen molar-refractivity contribution in [2.75, 3.05) is 5.32 Å². The number of anilines is 1. The van der Waals surface area contributed by atoms with Crippen molar-refractivity contribution in [3.8, 4) is 0 Å². The van der Waals surface area contributed by atoms with Gasteiger partial charge in [-0.15, -0.1) is 0 Å². The summed E-state index contributed by atoms with van der Waals surface area (Å²) in [5.41, 5.74) is 1.23. The number of carboxylic acid groups (broad SMARTS) is 1. The molecule has 4 nitrogen and oxygen atoms in total. The van der Waals surface area contributed by atoms with Gasteiger partial charge in [0.15, 0.2) is 0 Å². The first-order valence-corrected chi connectivity index (χ1v) is 5.02. The first-order valence-electron chi connectivity index (χ1n) is 4.23. The van der Waals surface area contributed by atoms with E-state index < -0.39 is 5.97 Å². The van der Waals surface area contributed by atoms with E-state index in [1.807, 2.05) is 0 Å². The number of nitrogens with one attached hydrogen (secondary N) is 1. The van der Waals surface area contributed by atoms with Gasteiger partial charge < -0.3 is 10.4 Å². The molecule has 0 saturated heterocycles. The SMILES string of the molecule is CC(=O)Nc1cc(Br)cc(C(=O)O)c1C. The van der Waals surface area contributed by atoms with Crippen LogP contribution in [0.15, 0.2) is 16.6 Å². The largest absolute Gasteiger partial charge is 0.478 e. The van der Waals surface area contributed by atoms with Gasteiger partial charge in [0.25, 0.3) is 0 Å². The molecule has 0 unspecified atom stereocenters. The molecule has 0 radical (unpaired) electrons. The number of benzene rings is 1.